The number of benzene rings is 3. The third-order valence-electron chi connectivity index (χ3n) is 5.73. The van der Waals surface area contributed by atoms with Crippen LogP contribution in [-0.2, 0) is 0 Å². The van der Waals surface area contributed by atoms with Gasteiger partial charge in [-0.3, -0.25) is 0 Å². The van der Waals surface area contributed by atoms with E-state index >= 15 is 0 Å². The number of hydrogen-bond donors (Lipinski definition) is 3. The van der Waals surface area contributed by atoms with E-state index in [1.54, 1.807) is 0 Å². The summed E-state index contributed by atoms with van der Waals surface area (Å²) < 4.78 is 0. The van der Waals surface area contributed by atoms with Gasteiger partial charge in [-0.25, -0.2) is 0 Å². The Morgan fingerprint density at radius 1 is 0.667 bits per heavy atom. The summed E-state index contributed by atoms with van der Waals surface area (Å²) in [6.07, 6.45) is 4.32. The number of H-pyrrole nitrogens is 3. The van der Waals surface area contributed by atoms with Crippen molar-refractivity contribution in [3.05, 3.63) is 65.9 Å². The summed E-state index contributed by atoms with van der Waals surface area (Å²) in [6, 6.07) is 17.1. The molecule has 0 radical (unpaired) electrons. The predicted molar refractivity (Wildman–Crippen MR) is 116 cm³/mol. The molecular formula is C24H19N3. The number of aryl methyl sites for hydroxylation is 1. The number of hydrogen-bond acceptors (Lipinski definition) is 0. The van der Waals surface area contributed by atoms with Crippen LogP contribution in [0.4, 0.5) is 0 Å². The third kappa shape index (κ3) is 1.76. The Balaban J connectivity index is 2.05. The Labute approximate surface area is 155 Å². The Morgan fingerprint density at radius 2 is 1.19 bits per heavy atom. The second kappa shape index (κ2) is 5.04. The highest BCUT2D eigenvalue weighted by Crippen LogP contribution is 2.43. The maximum absolute atomic E-state index is 3.70. The van der Waals surface area contributed by atoms with Crippen LogP contribution < -0.4 is 0 Å². The number of allylic oxidation sites excluding steroid dienone is 1. The molecule has 3 heterocycles. The molecule has 130 valence electrons. The van der Waals surface area contributed by atoms with Gasteiger partial charge in [0, 0.05) is 49.2 Å². The van der Waals surface area contributed by atoms with Crippen LogP contribution >= 0.6 is 0 Å². The van der Waals surface area contributed by atoms with Crippen LogP contribution in [0.3, 0.4) is 0 Å². The first-order chi connectivity index (χ1) is 13.3. The van der Waals surface area contributed by atoms with Crippen molar-refractivity contribution in [3.63, 3.8) is 0 Å². The zero-order valence-corrected chi connectivity index (χ0v) is 15.3. The summed E-state index contributed by atoms with van der Waals surface area (Å²) >= 11 is 0. The fourth-order valence-corrected chi connectivity index (χ4v) is 4.64. The minimum absolute atomic E-state index is 1.17. The van der Waals surface area contributed by atoms with Crippen molar-refractivity contribution < 1.29 is 0 Å². The molecule has 6 rings (SSSR count). The first kappa shape index (κ1) is 14.7. The van der Waals surface area contributed by atoms with Crippen molar-refractivity contribution in [1.82, 2.24) is 15.0 Å². The second-order valence-corrected chi connectivity index (χ2v) is 7.25. The van der Waals surface area contributed by atoms with E-state index in [4.69, 9.17) is 0 Å². The summed E-state index contributed by atoms with van der Waals surface area (Å²) in [5, 5.41) is 6.34. The quantitative estimate of drug-likeness (QED) is 0.293. The van der Waals surface area contributed by atoms with E-state index in [0.29, 0.717) is 0 Å². The molecule has 0 saturated heterocycles. The zero-order chi connectivity index (χ0) is 18.1. The summed E-state index contributed by atoms with van der Waals surface area (Å²) in [6.45, 7) is 4.23. The molecule has 3 N–H and O–H groups in total. The highest BCUT2D eigenvalue weighted by atomic mass is 14.8. The fourth-order valence-electron chi connectivity index (χ4n) is 4.64. The molecule has 0 saturated carbocycles. The molecule has 0 bridgehead atoms. The SMILES string of the molecule is CC=Cc1c(C)[nH]c2c1c1[nH]c3ccccc3c1c1[nH]c3ccccc3c21. The summed E-state index contributed by atoms with van der Waals surface area (Å²) in [5.74, 6) is 0. The lowest BCUT2D eigenvalue weighted by molar-refractivity contribution is 1.29. The van der Waals surface area contributed by atoms with E-state index in [0.717, 1.165) is 0 Å². The van der Waals surface area contributed by atoms with Crippen LogP contribution in [0.2, 0.25) is 0 Å². The topological polar surface area (TPSA) is 47.4 Å². The molecule has 3 heteroatoms. The number of nitrogens with one attached hydrogen (secondary N) is 3. The molecule has 0 fully saturated rings. The van der Waals surface area contributed by atoms with Crippen molar-refractivity contribution >= 4 is 60.6 Å². The molecule has 0 spiro atoms. The monoisotopic (exact) mass is 349 g/mol. The zero-order valence-electron chi connectivity index (χ0n) is 15.3. The van der Waals surface area contributed by atoms with E-state index in [9.17, 15) is 0 Å². The number of aromatic amines is 3. The Kier molecular flexibility index (Phi) is 2.74. The summed E-state index contributed by atoms with van der Waals surface area (Å²) in [5.41, 5.74) is 8.40. The Bertz CT molecular complexity index is 1540. The lowest BCUT2D eigenvalue weighted by Gasteiger charge is -2.01. The smallest absolute Gasteiger partial charge is 0.0588 e. The molecule has 3 aromatic carbocycles. The number of fused-ring (bicyclic) bond motifs is 10. The van der Waals surface area contributed by atoms with Crippen LogP contribution in [0.25, 0.3) is 60.6 Å². The van der Waals surface area contributed by atoms with Gasteiger partial charge >= 0.3 is 0 Å². The van der Waals surface area contributed by atoms with Gasteiger partial charge in [-0.1, -0.05) is 48.6 Å². The first-order valence-electron chi connectivity index (χ1n) is 9.35. The van der Waals surface area contributed by atoms with Crippen LogP contribution in [-0.4, -0.2) is 15.0 Å². The molecule has 0 aliphatic heterocycles. The molecule has 0 unspecified atom stereocenters. The van der Waals surface area contributed by atoms with Gasteiger partial charge in [-0.05, 0) is 26.0 Å². The molecule has 3 nitrogen and oxygen atoms in total. The summed E-state index contributed by atoms with van der Waals surface area (Å²) in [4.78, 5) is 11.1. The van der Waals surface area contributed by atoms with Crippen LogP contribution in [0, 0.1) is 6.92 Å². The molecule has 3 aromatic heterocycles. The van der Waals surface area contributed by atoms with Gasteiger partial charge in [-0.2, -0.15) is 0 Å². The van der Waals surface area contributed by atoms with Crippen molar-refractivity contribution in [3.8, 4) is 0 Å². The molecule has 0 aliphatic carbocycles. The predicted octanol–water partition coefficient (Wildman–Crippen LogP) is 6.78. The molecule has 0 amide bonds. The van der Waals surface area contributed by atoms with Gasteiger partial charge in [0.25, 0.3) is 0 Å². The molecule has 0 aliphatic rings. The van der Waals surface area contributed by atoms with Crippen LogP contribution in [0.15, 0.2) is 54.6 Å². The molecule has 27 heavy (non-hydrogen) atoms. The van der Waals surface area contributed by atoms with Gasteiger partial charge < -0.3 is 15.0 Å². The lowest BCUT2D eigenvalue weighted by Crippen LogP contribution is -1.79. The van der Waals surface area contributed by atoms with Gasteiger partial charge in [0.1, 0.15) is 0 Å². The molecule has 6 aromatic rings. The fraction of sp³-hybridized carbons (Fsp3) is 0.0833. The maximum atomic E-state index is 3.70. The molecule has 0 atom stereocenters. The van der Waals surface area contributed by atoms with Gasteiger partial charge in [-0.15, -0.1) is 0 Å². The van der Waals surface area contributed by atoms with E-state index in [2.05, 4.69) is 89.5 Å². The molecular weight excluding hydrogens is 330 g/mol. The lowest BCUT2D eigenvalue weighted by atomic mass is 10.0. The minimum atomic E-state index is 1.17. The third-order valence-corrected chi connectivity index (χ3v) is 5.73. The first-order valence-corrected chi connectivity index (χ1v) is 9.35. The standard InChI is InChI=1S/C24H19N3/c1-3-8-14-13(2)25-22-19(14)23-21(16-10-5-7-12-18(16)26-23)24-20(22)15-9-4-6-11-17(15)27-24/h3-12,25-27H,1-2H3. The minimum Gasteiger partial charge on any atom is -0.357 e. The van der Waals surface area contributed by atoms with Crippen molar-refractivity contribution in [1.29, 1.82) is 0 Å². The largest absolute Gasteiger partial charge is 0.357 e. The van der Waals surface area contributed by atoms with Crippen LogP contribution in [0.5, 0.6) is 0 Å². The van der Waals surface area contributed by atoms with Gasteiger partial charge in [0.2, 0.25) is 0 Å². The highest BCUT2D eigenvalue weighted by molar-refractivity contribution is 6.35. The van der Waals surface area contributed by atoms with E-state index in [-0.39, 0.29) is 0 Å². The average molecular weight is 349 g/mol. The number of aromatic nitrogens is 3. The second-order valence-electron chi connectivity index (χ2n) is 7.25. The van der Waals surface area contributed by atoms with E-state index < -0.39 is 0 Å². The number of rotatable bonds is 1. The normalized spacial score (nSPS) is 12.7. The maximum Gasteiger partial charge on any atom is 0.0588 e. The van der Waals surface area contributed by atoms with Crippen molar-refractivity contribution in [2.24, 2.45) is 0 Å². The van der Waals surface area contributed by atoms with Gasteiger partial charge in [0.15, 0.2) is 0 Å². The van der Waals surface area contributed by atoms with E-state index in [1.165, 1.54) is 65.8 Å². The number of para-hydroxylation sites is 2. The average Bonchev–Trinajstić information content (AvgIpc) is 3.33. The van der Waals surface area contributed by atoms with Crippen molar-refractivity contribution in [2.45, 2.75) is 13.8 Å². The summed E-state index contributed by atoms with van der Waals surface area (Å²) in [7, 11) is 0. The van der Waals surface area contributed by atoms with Crippen molar-refractivity contribution in [2.75, 3.05) is 0 Å². The van der Waals surface area contributed by atoms with Crippen LogP contribution in [0.1, 0.15) is 18.2 Å². The highest BCUT2D eigenvalue weighted by Gasteiger charge is 2.20. The Morgan fingerprint density at radius 3 is 1.78 bits per heavy atom. The van der Waals surface area contributed by atoms with Gasteiger partial charge in [0.05, 0.1) is 16.6 Å². The van der Waals surface area contributed by atoms with E-state index in [1.807, 2.05) is 0 Å². The Hall–Kier alpha value is -3.46.